The summed E-state index contributed by atoms with van der Waals surface area (Å²) in [4.78, 5) is 18.8. The van der Waals surface area contributed by atoms with Crippen LogP contribution in [0, 0.1) is 0 Å². The highest BCUT2D eigenvalue weighted by molar-refractivity contribution is 7.39. The lowest BCUT2D eigenvalue weighted by Gasteiger charge is -2.31. The third kappa shape index (κ3) is 7.94. The van der Waals surface area contributed by atoms with Crippen molar-refractivity contribution in [2.75, 3.05) is 11.1 Å². The fourth-order valence-electron chi connectivity index (χ4n) is 14.1. The van der Waals surface area contributed by atoms with Crippen molar-refractivity contribution in [3.63, 3.8) is 0 Å². The van der Waals surface area contributed by atoms with Gasteiger partial charge in [-0.2, -0.15) is 0 Å². The Balaban J connectivity index is 0.799. The number of rotatable bonds is 9. The monoisotopic (exact) mass is 1100 g/mol. The quantitative estimate of drug-likeness (QED) is 0.135. The molecule has 400 valence electrons. The highest BCUT2D eigenvalue weighted by Gasteiger charge is 2.38. The maximum Gasteiger partial charge on any atom is 0.163 e. The van der Waals surface area contributed by atoms with Gasteiger partial charge < -0.3 is 18.6 Å². The second-order valence-electron chi connectivity index (χ2n) is 22.6. The van der Waals surface area contributed by atoms with Crippen LogP contribution in [0.2, 0.25) is 0 Å². The maximum atomic E-state index is 5.49. The van der Waals surface area contributed by atoms with Gasteiger partial charge in [0.15, 0.2) is 11.6 Å². The van der Waals surface area contributed by atoms with Crippen LogP contribution >= 0.6 is 8.58 Å². The zero-order chi connectivity index (χ0) is 55.2. The Kier molecular flexibility index (Phi) is 11.5. The number of aromatic nitrogens is 6. The van der Waals surface area contributed by atoms with Crippen molar-refractivity contribution in [3.8, 4) is 22.8 Å². The summed E-state index contributed by atoms with van der Waals surface area (Å²) in [5.74, 6) is 2.64. The predicted octanol–water partition coefficient (Wildman–Crippen LogP) is 18.2. The number of hydrogen-bond acceptors (Lipinski definition) is 4. The Bertz CT molecular complexity index is 4920. The molecule has 17 rings (SSSR count). The number of allylic oxidation sites excluding steroid dienone is 10. The number of nitrogens with zero attached hydrogens (tertiary/aromatic N) is 7. The summed E-state index contributed by atoms with van der Waals surface area (Å²) in [6.07, 6.45) is 21.8. The normalized spacial score (nSPS) is 18.0. The van der Waals surface area contributed by atoms with Crippen LogP contribution in [-0.2, 0) is 6.42 Å². The van der Waals surface area contributed by atoms with Crippen molar-refractivity contribution in [2.45, 2.75) is 36.9 Å². The van der Waals surface area contributed by atoms with Crippen LogP contribution in [0.5, 0.6) is 0 Å². The molecule has 0 radical (unpaired) electrons. The standard InChI is InChI=1S/C76H56N7P/c1-3-20-49(21-4-1)75-77-74(47-55-25-19-24-54(48-84-55)82-67-34-15-9-28-59(67)60-29-10-16-35-68(60)82)78-76(79-75)51-38-41-56(72(45-51)83-69-36-17-11-30-61(69)62-31-12-18-37-70(62)83)50-39-43-71-64(44-50)63-42-40-53(46-73(63)80(71)52-22-5-2-6-23-52)81-65-32-13-7-26-57(65)58-27-8-14-33-66(58)81/h1-37,39-40,42-46,55,59,67,84H,38,41,47-48H2. The van der Waals surface area contributed by atoms with Crippen LogP contribution < -0.4 is 4.90 Å². The van der Waals surface area contributed by atoms with E-state index < -0.39 is 0 Å². The lowest BCUT2D eigenvalue weighted by atomic mass is 9.89. The van der Waals surface area contributed by atoms with Crippen LogP contribution in [0.3, 0.4) is 0 Å². The highest BCUT2D eigenvalue weighted by Crippen LogP contribution is 2.48. The molecule has 84 heavy (non-hydrogen) atoms. The molecule has 0 saturated heterocycles. The molecule has 9 aromatic carbocycles. The van der Waals surface area contributed by atoms with Crippen LogP contribution in [0.1, 0.15) is 41.5 Å². The van der Waals surface area contributed by atoms with E-state index in [0.717, 1.165) is 70.8 Å². The first kappa shape index (κ1) is 48.7. The zero-order valence-corrected chi connectivity index (χ0v) is 47.1. The molecule has 4 unspecified atom stereocenters. The molecule has 0 fully saturated rings. The van der Waals surface area contributed by atoms with Crippen molar-refractivity contribution in [3.05, 3.63) is 295 Å². The summed E-state index contributed by atoms with van der Waals surface area (Å²) < 4.78 is 7.37. The predicted molar refractivity (Wildman–Crippen MR) is 352 cm³/mol. The Hall–Kier alpha value is -9.94. The van der Waals surface area contributed by atoms with E-state index in [1.807, 2.05) is 0 Å². The molecular weight excluding hydrogens is 1040 g/mol. The molecule has 13 aromatic rings. The largest absolute Gasteiger partial charge is 0.337 e. The molecule has 4 aromatic heterocycles. The second kappa shape index (κ2) is 19.9. The first-order valence-electron chi connectivity index (χ1n) is 29.4. The molecule has 4 aliphatic rings. The van der Waals surface area contributed by atoms with Gasteiger partial charge in [-0.15, -0.1) is 8.58 Å². The lowest BCUT2D eigenvalue weighted by Crippen LogP contribution is -2.33. The van der Waals surface area contributed by atoms with Crippen molar-refractivity contribution < 1.29 is 0 Å². The van der Waals surface area contributed by atoms with Crippen molar-refractivity contribution in [2.24, 2.45) is 0 Å². The SMILES string of the molecule is C1=CC(Cc2nc(C3=CC(n4c5ccccc5c5ccccc54)=C(c4ccc5c(c4)c4ccc(-n6c7ccccc7c7ccccc76)cc4n5-c4ccccc4)CC3)nc(-c3ccccc3)n2)PCC(N2c3ccccc3C3C=CC=CC32)=C1. The van der Waals surface area contributed by atoms with Gasteiger partial charge in [0.1, 0.15) is 5.82 Å². The summed E-state index contributed by atoms with van der Waals surface area (Å²) in [5, 5.41) is 7.39. The minimum Gasteiger partial charge on any atom is -0.337 e. The molecule has 0 spiro atoms. The summed E-state index contributed by atoms with van der Waals surface area (Å²) in [6.45, 7) is 0. The number of para-hydroxylation sites is 6. The molecule has 2 aliphatic heterocycles. The third-order valence-corrected chi connectivity index (χ3v) is 19.4. The van der Waals surface area contributed by atoms with E-state index in [2.05, 4.69) is 286 Å². The minimum absolute atomic E-state index is 0.274. The maximum absolute atomic E-state index is 5.49. The van der Waals surface area contributed by atoms with Gasteiger partial charge >= 0.3 is 0 Å². The van der Waals surface area contributed by atoms with Gasteiger partial charge in [-0.1, -0.05) is 188 Å². The van der Waals surface area contributed by atoms with E-state index in [-0.39, 0.29) is 11.7 Å². The fourth-order valence-corrected chi connectivity index (χ4v) is 15.4. The molecule has 6 heterocycles. The smallest absolute Gasteiger partial charge is 0.163 e. The molecule has 0 amide bonds. The van der Waals surface area contributed by atoms with E-state index in [9.17, 15) is 0 Å². The third-order valence-electron chi connectivity index (χ3n) is 17.9. The van der Waals surface area contributed by atoms with Gasteiger partial charge in [-0.3, -0.25) is 0 Å². The van der Waals surface area contributed by atoms with E-state index in [1.165, 1.54) is 88.0 Å². The molecule has 7 nitrogen and oxygen atoms in total. The van der Waals surface area contributed by atoms with Gasteiger partial charge in [0, 0.05) is 84.8 Å². The topological polar surface area (TPSA) is 56.7 Å². The molecule has 8 heteroatoms. The average molecular weight is 1100 g/mol. The van der Waals surface area contributed by atoms with Crippen LogP contribution in [0.25, 0.3) is 105 Å². The zero-order valence-electron chi connectivity index (χ0n) is 46.1. The average Bonchev–Trinajstić information content (AvgIpc) is 1.99. The fraction of sp³-hybridized carbons (Fsp3) is 0.0921. The molecule has 2 aliphatic carbocycles. The van der Waals surface area contributed by atoms with Gasteiger partial charge in [-0.05, 0) is 114 Å². The van der Waals surface area contributed by atoms with Crippen LogP contribution in [-0.4, -0.2) is 46.5 Å². The Morgan fingerprint density at radius 1 is 0.440 bits per heavy atom. The number of fused-ring (bicyclic) bond motifs is 12. The van der Waals surface area contributed by atoms with E-state index >= 15 is 0 Å². The lowest BCUT2D eigenvalue weighted by molar-refractivity contribution is 0.723. The van der Waals surface area contributed by atoms with E-state index in [0.29, 0.717) is 20.3 Å². The summed E-state index contributed by atoms with van der Waals surface area (Å²) in [6, 6.07) is 80.0. The first-order valence-corrected chi connectivity index (χ1v) is 30.6. The number of benzene rings is 9. The van der Waals surface area contributed by atoms with Gasteiger partial charge in [-0.25, -0.2) is 15.0 Å². The van der Waals surface area contributed by atoms with Gasteiger partial charge in [0.2, 0.25) is 0 Å². The number of anilines is 1. The minimum atomic E-state index is 0.274. The Morgan fingerprint density at radius 2 is 1.05 bits per heavy atom. The molecular formula is C76H56N7P. The second-order valence-corrected chi connectivity index (χ2v) is 24.1. The number of hydrogen-bond donors (Lipinski definition) is 0. The molecule has 0 saturated carbocycles. The summed E-state index contributed by atoms with van der Waals surface area (Å²) >= 11 is 0. The van der Waals surface area contributed by atoms with Gasteiger partial charge in [0.05, 0.1) is 44.8 Å². The van der Waals surface area contributed by atoms with Gasteiger partial charge in [0.25, 0.3) is 0 Å². The van der Waals surface area contributed by atoms with E-state index in [4.69, 9.17) is 15.0 Å². The highest BCUT2D eigenvalue weighted by atomic mass is 31.1. The summed E-state index contributed by atoms with van der Waals surface area (Å²) in [5.41, 5.74) is 19.4. The van der Waals surface area contributed by atoms with Crippen molar-refractivity contribution >= 4 is 96.5 Å². The van der Waals surface area contributed by atoms with Crippen molar-refractivity contribution in [1.29, 1.82) is 0 Å². The molecule has 0 bridgehead atoms. The van der Waals surface area contributed by atoms with Crippen LogP contribution in [0.4, 0.5) is 5.69 Å². The Labute approximate surface area is 488 Å². The Morgan fingerprint density at radius 3 is 1.79 bits per heavy atom. The van der Waals surface area contributed by atoms with E-state index in [1.54, 1.807) is 0 Å². The molecule has 0 N–H and O–H groups in total. The molecule has 4 atom stereocenters. The van der Waals surface area contributed by atoms with Crippen molar-refractivity contribution in [1.82, 2.24) is 28.7 Å². The first-order chi connectivity index (χ1) is 41.7. The summed E-state index contributed by atoms with van der Waals surface area (Å²) in [7, 11) is 0.665. The van der Waals surface area contributed by atoms with Crippen LogP contribution in [0.15, 0.2) is 273 Å².